The normalized spacial score (nSPS) is 18.1. The molecule has 1 aliphatic rings. The summed E-state index contributed by atoms with van der Waals surface area (Å²) in [4.78, 5) is 14.2. The van der Waals surface area contributed by atoms with E-state index >= 15 is 0 Å². The fourth-order valence-electron chi connectivity index (χ4n) is 3.91. The van der Waals surface area contributed by atoms with Crippen molar-refractivity contribution in [1.82, 2.24) is 0 Å². The molecule has 1 aromatic rings. The molecule has 1 atom stereocenters. The number of rotatable bonds is 8. The highest BCUT2D eigenvalue weighted by Crippen LogP contribution is 2.44. The molecule has 0 spiro atoms. The Balaban J connectivity index is 2.20. The van der Waals surface area contributed by atoms with Crippen molar-refractivity contribution in [2.45, 2.75) is 73.6 Å². The largest absolute Gasteiger partial charge is 0.373 e. The number of alkyl halides is 1. The number of amides is 1. The predicted molar refractivity (Wildman–Crippen MR) is 115 cm³/mol. The molecule has 3 nitrogen and oxygen atoms in total. The van der Waals surface area contributed by atoms with E-state index in [1.165, 1.54) is 18.2 Å². The smallest absolute Gasteiger partial charge is 0.230 e. The predicted octanol–water partition coefficient (Wildman–Crippen LogP) is 6.20. The number of benzene rings is 1. The Morgan fingerprint density at radius 3 is 2.48 bits per heavy atom. The Morgan fingerprint density at radius 1 is 1.24 bits per heavy atom. The number of nitrogens with one attached hydrogen (secondary N) is 1. The number of carbonyl (C=O) groups excluding carboxylic acids is 1. The number of hydrogen-bond acceptors (Lipinski definition) is 3. The molecule has 140 valence electrons. The van der Waals surface area contributed by atoms with Crippen LogP contribution < -0.4 is 5.32 Å². The van der Waals surface area contributed by atoms with Crippen LogP contribution in [0.25, 0.3) is 0 Å². The molecule has 0 bridgehead atoms. The highest BCUT2D eigenvalue weighted by atomic mass is 127. The fourth-order valence-corrected chi connectivity index (χ4v) is 5.35. The average molecular weight is 475 g/mol. The summed E-state index contributed by atoms with van der Waals surface area (Å²) in [6.07, 6.45) is 8.81. The zero-order valence-corrected chi connectivity index (χ0v) is 18.2. The second-order valence-electron chi connectivity index (χ2n) is 7.09. The molecular weight excluding hydrogens is 445 g/mol. The van der Waals surface area contributed by atoms with Gasteiger partial charge in [0.15, 0.2) is 3.44 Å². The van der Waals surface area contributed by atoms with Crippen LogP contribution in [0.15, 0.2) is 29.2 Å². The second-order valence-corrected chi connectivity index (χ2v) is 10.2. The molecule has 0 saturated heterocycles. The number of halogens is 1. The van der Waals surface area contributed by atoms with Gasteiger partial charge < -0.3 is 10.4 Å². The van der Waals surface area contributed by atoms with Crippen molar-refractivity contribution in [3.63, 3.8) is 0 Å². The Kier molecular flexibility index (Phi) is 8.55. The summed E-state index contributed by atoms with van der Waals surface area (Å²) in [6, 6.07) is 7.77. The molecule has 1 unspecified atom stereocenters. The van der Waals surface area contributed by atoms with Crippen LogP contribution >= 0.6 is 34.4 Å². The van der Waals surface area contributed by atoms with E-state index in [0.29, 0.717) is 5.92 Å². The molecular formula is C20H30INO2S. The molecule has 2 rings (SSSR count). The maximum atomic E-state index is 13.3. The van der Waals surface area contributed by atoms with Gasteiger partial charge in [0.05, 0.1) is 5.69 Å². The number of aliphatic hydroxyl groups is 1. The van der Waals surface area contributed by atoms with E-state index in [4.69, 9.17) is 0 Å². The van der Waals surface area contributed by atoms with Gasteiger partial charge in [0.2, 0.25) is 5.91 Å². The fraction of sp³-hybridized carbons (Fsp3) is 0.650. The molecule has 1 saturated carbocycles. The third-order valence-corrected chi connectivity index (χ3v) is 7.05. The molecule has 2 N–H and O–H groups in total. The van der Waals surface area contributed by atoms with Gasteiger partial charge >= 0.3 is 0 Å². The van der Waals surface area contributed by atoms with Gasteiger partial charge in [-0.2, -0.15) is 0 Å². The lowest BCUT2D eigenvalue weighted by Crippen LogP contribution is -2.39. The first-order valence-electron chi connectivity index (χ1n) is 9.40. The van der Waals surface area contributed by atoms with Gasteiger partial charge in [-0.25, -0.2) is 0 Å². The summed E-state index contributed by atoms with van der Waals surface area (Å²) >= 11 is 3.34. The SMILES string of the molecule is CCC(CC)CC1(C(=O)Nc2ccccc2SC(O)I)CCCCC1. The van der Waals surface area contributed by atoms with Gasteiger partial charge in [0, 0.05) is 10.3 Å². The van der Waals surface area contributed by atoms with E-state index < -0.39 is 3.44 Å². The minimum Gasteiger partial charge on any atom is -0.373 e. The average Bonchev–Trinajstić information content (AvgIpc) is 2.61. The number of carbonyl (C=O) groups is 1. The Morgan fingerprint density at radius 2 is 1.88 bits per heavy atom. The number of aliphatic hydroxyl groups excluding tert-OH is 1. The highest BCUT2D eigenvalue weighted by Gasteiger charge is 2.40. The van der Waals surface area contributed by atoms with Crippen LogP contribution in [0, 0.1) is 11.3 Å². The molecule has 1 aliphatic carbocycles. The molecule has 0 aliphatic heterocycles. The number of para-hydroxylation sites is 1. The highest BCUT2D eigenvalue weighted by molar-refractivity contribution is 14.1. The lowest BCUT2D eigenvalue weighted by Gasteiger charge is -2.38. The molecule has 0 heterocycles. The molecule has 1 aromatic carbocycles. The third kappa shape index (κ3) is 5.86. The first-order valence-corrected chi connectivity index (χ1v) is 11.5. The van der Waals surface area contributed by atoms with Crippen LogP contribution in [0.2, 0.25) is 0 Å². The molecule has 1 fully saturated rings. The lowest BCUT2D eigenvalue weighted by molar-refractivity contribution is -0.128. The molecule has 0 radical (unpaired) electrons. The molecule has 5 heteroatoms. The quantitative estimate of drug-likeness (QED) is 0.204. The number of anilines is 1. The van der Waals surface area contributed by atoms with Gasteiger partial charge in [0.25, 0.3) is 0 Å². The van der Waals surface area contributed by atoms with Crippen molar-refractivity contribution in [3.8, 4) is 0 Å². The minimum absolute atomic E-state index is 0.176. The first kappa shape index (κ1) is 21.0. The van der Waals surface area contributed by atoms with Crippen molar-refractivity contribution < 1.29 is 9.90 Å². The Bertz CT molecular complexity index is 554. The zero-order chi connectivity index (χ0) is 18.3. The van der Waals surface area contributed by atoms with Gasteiger partial charge in [-0.3, -0.25) is 4.79 Å². The zero-order valence-electron chi connectivity index (χ0n) is 15.3. The monoisotopic (exact) mass is 475 g/mol. The minimum atomic E-state index is -0.524. The summed E-state index contributed by atoms with van der Waals surface area (Å²) in [7, 11) is 0. The van der Waals surface area contributed by atoms with Crippen LogP contribution in [-0.2, 0) is 4.79 Å². The maximum Gasteiger partial charge on any atom is 0.230 e. The number of hydrogen-bond donors (Lipinski definition) is 2. The standard InChI is InChI=1S/C20H30INO2S/c1-3-15(4-2)14-20(12-8-5-9-13-20)18(23)22-16-10-6-7-11-17(16)25-19(21)24/h6-7,10-11,15,19,24H,3-5,8-9,12-14H2,1-2H3,(H,22,23). The van der Waals surface area contributed by atoms with E-state index in [2.05, 4.69) is 19.2 Å². The van der Waals surface area contributed by atoms with Crippen LogP contribution in [0.1, 0.15) is 65.2 Å². The van der Waals surface area contributed by atoms with E-state index in [9.17, 15) is 9.90 Å². The van der Waals surface area contributed by atoms with E-state index in [-0.39, 0.29) is 11.3 Å². The van der Waals surface area contributed by atoms with Crippen molar-refractivity contribution >= 4 is 45.9 Å². The van der Waals surface area contributed by atoms with Crippen LogP contribution in [0.4, 0.5) is 5.69 Å². The van der Waals surface area contributed by atoms with Crippen LogP contribution in [0.3, 0.4) is 0 Å². The van der Waals surface area contributed by atoms with E-state index in [1.807, 2.05) is 46.9 Å². The first-order chi connectivity index (χ1) is 12.0. The van der Waals surface area contributed by atoms with Crippen molar-refractivity contribution in [2.75, 3.05) is 5.32 Å². The van der Waals surface area contributed by atoms with Gasteiger partial charge in [0.1, 0.15) is 0 Å². The van der Waals surface area contributed by atoms with Gasteiger partial charge in [-0.15, -0.1) is 0 Å². The Labute approximate surface area is 169 Å². The lowest BCUT2D eigenvalue weighted by atomic mass is 9.67. The van der Waals surface area contributed by atoms with Gasteiger partial charge in [-0.05, 0) is 59.9 Å². The topological polar surface area (TPSA) is 49.3 Å². The van der Waals surface area contributed by atoms with Gasteiger partial charge in [-0.1, -0.05) is 69.8 Å². The third-order valence-electron chi connectivity index (χ3n) is 5.49. The molecule has 25 heavy (non-hydrogen) atoms. The van der Waals surface area contributed by atoms with Crippen molar-refractivity contribution in [2.24, 2.45) is 11.3 Å². The van der Waals surface area contributed by atoms with E-state index in [1.54, 1.807) is 0 Å². The van der Waals surface area contributed by atoms with Crippen LogP contribution in [0.5, 0.6) is 0 Å². The molecule has 1 amide bonds. The van der Waals surface area contributed by atoms with Crippen LogP contribution in [-0.4, -0.2) is 14.5 Å². The van der Waals surface area contributed by atoms with Crippen molar-refractivity contribution in [1.29, 1.82) is 0 Å². The maximum absolute atomic E-state index is 13.3. The van der Waals surface area contributed by atoms with Crippen molar-refractivity contribution in [3.05, 3.63) is 24.3 Å². The molecule has 0 aromatic heterocycles. The second kappa shape index (κ2) is 10.2. The summed E-state index contributed by atoms with van der Waals surface area (Å²) in [5.74, 6) is 0.791. The summed E-state index contributed by atoms with van der Waals surface area (Å²) in [5, 5.41) is 12.9. The number of thioether (sulfide) groups is 1. The summed E-state index contributed by atoms with van der Waals surface area (Å²) in [6.45, 7) is 4.46. The summed E-state index contributed by atoms with van der Waals surface area (Å²) < 4.78 is -0.524. The summed E-state index contributed by atoms with van der Waals surface area (Å²) in [5.41, 5.74) is 0.595. The Hall–Kier alpha value is -0.270. The van der Waals surface area contributed by atoms with E-state index in [0.717, 1.165) is 55.5 Å².